The summed E-state index contributed by atoms with van der Waals surface area (Å²) < 4.78 is 37.3. The Morgan fingerprint density at radius 1 is 1.24 bits per heavy atom. The van der Waals surface area contributed by atoms with E-state index in [1.165, 1.54) is 14.2 Å². The molecule has 1 unspecified atom stereocenters. The predicted molar refractivity (Wildman–Crippen MR) is 82.6 cm³/mol. The molecule has 0 radical (unpaired) electrons. The van der Waals surface area contributed by atoms with Gasteiger partial charge in [-0.05, 0) is 31.5 Å². The van der Waals surface area contributed by atoms with Crippen molar-refractivity contribution >= 4 is 15.7 Å². The summed E-state index contributed by atoms with van der Waals surface area (Å²) in [5.41, 5.74) is 0.475. The first-order chi connectivity index (χ1) is 10.0. The van der Waals surface area contributed by atoms with Crippen LogP contribution in [0.2, 0.25) is 0 Å². The highest BCUT2D eigenvalue weighted by Gasteiger charge is 2.21. The molecule has 0 aromatic heterocycles. The van der Waals surface area contributed by atoms with Crippen LogP contribution < -0.4 is 19.5 Å². The molecule has 1 atom stereocenters. The first-order valence-electron chi connectivity index (χ1n) is 7.00. The van der Waals surface area contributed by atoms with Gasteiger partial charge in [-0.25, -0.2) is 8.42 Å². The Labute approximate surface area is 125 Å². The van der Waals surface area contributed by atoms with E-state index in [1.807, 2.05) is 0 Å². The predicted octanol–water partition coefficient (Wildman–Crippen LogP) is 1.59. The lowest BCUT2D eigenvalue weighted by Crippen LogP contribution is -2.40. The highest BCUT2D eigenvalue weighted by atomic mass is 32.2. The molecule has 0 saturated carbocycles. The van der Waals surface area contributed by atoms with Crippen molar-refractivity contribution in [3.8, 4) is 11.5 Å². The average Bonchev–Trinajstić information content (AvgIpc) is 2.47. The number of nitrogens with one attached hydrogen (secondary N) is 2. The minimum Gasteiger partial charge on any atom is -0.493 e. The van der Waals surface area contributed by atoms with E-state index in [0.717, 1.165) is 25.8 Å². The van der Waals surface area contributed by atoms with Gasteiger partial charge in [-0.15, -0.1) is 0 Å². The van der Waals surface area contributed by atoms with Gasteiger partial charge in [0.1, 0.15) is 0 Å². The molecule has 2 rings (SSSR count). The van der Waals surface area contributed by atoms with E-state index in [1.54, 1.807) is 18.2 Å². The Balaban J connectivity index is 2.05. The molecule has 1 aromatic rings. The van der Waals surface area contributed by atoms with Crippen LogP contribution in [-0.4, -0.2) is 41.0 Å². The number of hydrogen-bond donors (Lipinski definition) is 2. The second-order valence-corrected chi connectivity index (χ2v) is 6.87. The van der Waals surface area contributed by atoms with Crippen LogP contribution in [0.4, 0.5) is 5.69 Å². The highest BCUT2D eigenvalue weighted by molar-refractivity contribution is 7.92. The van der Waals surface area contributed by atoms with Gasteiger partial charge < -0.3 is 14.8 Å². The molecule has 1 heterocycles. The second kappa shape index (κ2) is 7.00. The molecule has 1 aromatic carbocycles. The molecule has 7 heteroatoms. The standard InChI is InChI=1S/C14H22N2O4S/c1-19-13-7-6-11(9-14(13)20-2)16-21(17,18)10-12-5-3-4-8-15-12/h6-7,9,12,15-16H,3-5,8,10H2,1-2H3. The SMILES string of the molecule is COc1ccc(NS(=O)(=O)CC2CCCCN2)cc1OC. The summed E-state index contributed by atoms with van der Waals surface area (Å²) in [5, 5.41) is 3.24. The molecule has 21 heavy (non-hydrogen) atoms. The zero-order valence-electron chi connectivity index (χ0n) is 12.4. The zero-order chi connectivity index (χ0) is 15.3. The molecule has 0 aliphatic carbocycles. The summed E-state index contributed by atoms with van der Waals surface area (Å²) in [6.45, 7) is 0.885. The molecule has 118 valence electrons. The van der Waals surface area contributed by atoms with Crippen molar-refractivity contribution < 1.29 is 17.9 Å². The summed E-state index contributed by atoms with van der Waals surface area (Å²) >= 11 is 0. The summed E-state index contributed by atoms with van der Waals surface area (Å²) in [6.07, 6.45) is 3.08. The van der Waals surface area contributed by atoms with Gasteiger partial charge in [-0.1, -0.05) is 6.42 Å². The van der Waals surface area contributed by atoms with Gasteiger partial charge in [-0.2, -0.15) is 0 Å². The lowest BCUT2D eigenvalue weighted by atomic mass is 10.1. The van der Waals surface area contributed by atoms with Crippen LogP contribution in [0, 0.1) is 0 Å². The van der Waals surface area contributed by atoms with Crippen molar-refractivity contribution in [2.75, 3.05) is 31.2 Å². The fraction of sp³-hybridized carbons (Fsp3) is 0.571. The van der Waals surface area contributed by atoms with Crippen molar-refractivity contribution in [2.24, 2.45) is 0 Å². The molecule has 6 nitrogen and oxygen atoms in total. The number of hydrogen-bond acceptors (Lipinski definition) is 5. The molecule has 1 fully saturated rings. The summed E-state index contributed by atoms with van der Waals surface area (Å²) in [7, 11) is -0.334. The van der Waals surface area contributed by atoms with Gasteiger partial charge in [0.05, 0.1) is 25.7 Å². The lowest BCUT2D eigenvalue weighted by molar-refractivity contribution is 0.355. The molecular weight excluding hydrogens is 292 g/mol. The molecule has 1 aliphatic rings. The Hall–Kier alpha value is -1.47. The van der Waals surface area contributed by atoms with Gasteiger partial charge in [0.2, 0.25) is 10.0 Å². The van der Waals surface area contributed by atoms with Crippen LogP contribution in [0.15, 0.2) is 18.2 Å². The monoisotopic (exact) mass is 314 g/mol. The van der Waals surface area contributed by atoms with Gasteiger partial charge in [-0.3, -0.25) is 4.72 Å². The Morgan fingerprint density at radius 3 is 2.62 bits per heavy atom. The van der Waals surface area contributed by atoms with Crippen LogP contribution in [-0.2, 0) is 10.0 Å². The minimum absolute atomic E-state index is 0.0244. The number of sulfonamides is 1. The Kier molecular flexibility index (Phi) is 5.30. The number of methoxy groups -OCH3 is 2. The van der Waals surface area contributed by atoms with Crippen molar-refractivity contribution in [3.63, 3.8) is 0 Å². The van der Waals surface area contributed by atoms with Crippen LogP contribution in [0.1, 0.15) is 19.3 Å². The third kappa shape index (κ3) is 4.50. The summed E-state index contributed by atoms with van der Waals surface area (Å²) in [6, 6.07) is 4.98. The normalized spacial score (nSPS) is 19.0. The first-order valence-corrected chi connectivity index (χ1v) is 8.65. The smallest absolute Gasteiger partial charge is 0.234 e. The largest absolute Gasteiger partial charge is 0.493 e. The molecular formula is C14H22N2O4S. The van der Waals surface area contributed by atoms with E-state index in [0.29, 0.717) is 17.2 Å². The van der Waals surface area contributed by atoms with Crippen molar-refractivity contribution in [3.05, 3.63) is 18.2 Å². The Bertz CT molecular complexity index is 568. The number of benzene rings is 1. The van der Waals surface area contributed by atoms with Gasteiger partial charge in [0.25, 0.3) is 0 Å². The molecule has 0 spiro atoms. The van der Waals surface area contributed by atoms with E-state index in [9.17, 15) is 8.42 Å². The van der Waals surface area contributed by atoms with Crippen molar-refractivity contribution in [2.45, 2.75) is 25.3 Å². The fourth-order valence-electron chi connectivity index (χ4n) is 2.45. The lowest BCUT2D eigenvalue weighted by Gasteiger charge is -2.23. The van der Waals surface area contributed by atoms with Crippen LogP contribution in [0.3, 0.4) is 0 Å². The third-order valence-electron chi connectivity index (χ3n) is 3.49. The number of piperidine rings is 1. The molecule has 1 saturated heterocycles. The van der Waals surface area contributed by atoms with E-state index in [4.69, 9.17) is 9.47 Å². The first kappa shape index (κ1) is 15.9. The highest BCUT2D eigenvalue weighted by Crippen LogP contribution is 2.30. The Morgan fingerprint density at radius 2 is 2.00 bits per heavy atom. The maximum atomic E-state index is 12.2. The maximum absolute atomic E-state index is 12.2. The fourth-order valence-corrected chi connectivity index (χ4v) is 3.84. The number of anilines is 1. The number of rotatable bonds is 6. The summed E-state index contributed by atoms with van der Waals surface area (Å²) in [4.78, 5) is 0. The molecule has 0 bridgehead atoms. The average molecular weight is 314 g/mol. The second-order valence-electron chi connectivity index (χ2n) is 5.10. The maximum Gasteiger partial charge on any atom is 0.234 e. The summed E-state index contributed by atoms with van der Waals surface area (Å²) in [5.74, 6) is 1.14. The third-order valence-corrected chi connectivity index (χ3v) is 4.88. The van der Waals surface area contributed by atoms with E-state index < -0.39 is 10.0 Å². The minimum atomic E-state index is -3.39. The zero-order valence-corrected chi connectivity index (χ0v) is 13.2. The quantitative estimate of drug-likeness (QED) is 0.834. The van der Waals surface area contributed by atoms with Gasteiger partial charge in [0, 0.05) is 12.1 Å². The van der Waals surface area contributed by atoms with E-state index in [-0.39, 0.29) is 11.8 Å². The molecule has 1 aliphatic heterocycles. The van der Waals surface area contributed by atoms with E-state index in [2.05, 4.69) is 10.0 Å². The van der Waals surface area contributed by atoms with Crippen LogP contribution in [0.5, 0.6) is 11.5 Å². The number of ether oxygens (including phenoxy) is 2. The van der Waals surface area contributed by atoms with Gasteiger partial charge >= 0.3 is 0 Å². The topological polar surface area (TPSA) is 76.7 Å². The van der Waals surface area contributed by atoms with Gasteiger partial charge in [0.15, 0.2) is 11.5 Å². The van der Waals surface area contributed by atoms with Crippen LogP contribution >= 0.6 is 0 Å². The van der Waals surface area contributed by atoms with Crippen molar-refractivity contribution in [1.29, 1.82) is 0 Å². The molecule has 0 amide bonds. The molecule has 2 N–H and O–H groups in total. The van der Waals surface area contributed by atoms with E-state index >= 15 is 0 Å². The van der Waals surface area contributed by atoms with Crippen molar-refractivity contribution in [1.82, 2.24) is 5.32 Å². The van der Waals surface area contributed by atoms with Crippen LogP contribution in [0.25, 0.3) is 0 Å².